The molecule has 1 N–H and O–H groups in total. The van der Waals surface area contributed by atoms with Crippen LogP contribution in [0.15, 0.2) is 79.4 Å². The fraction of sp³-hybridized carbons (Fsp3) is 0.346. The highest BCUT2D eigenvalue weighted by Crippen LogP contribution is 2.32. The van der Waals surface area contributed by atoms with Crippen molar-refractivity contribution in [3.05, 3.63) is 96.1 Å². The SMILES string of the molecule is C[N+]1(CCc2cncnc2)CCC[C@@H]1COC(=O)C(O)(c1ccccc1)c1ccccc1. The van der Waals surface area contributed by atoms with Crippen molar-refractivity contribution in [2.45, 2.75) is 30.9 Å². The maximum Gasteiger partial charge on any atom is 0.347 e. The number of aromatic nitrogens is 2. The van der Waals surface area contributed by atoms with E-state index in [-0.39, 0.29) is 12.6 Å². The molecule has 1 aromatic heterocycles. The van der Waals surface area contributed by atoms with Crippen LogP contribution >= 0.6 is 0 Å². The Hall–Kier alpha value is -3.09. The Morgan fingerprint density at radius 2 is 1.66 bits per heavy atom. The molecule has 1 aliphatic rings. The first-order valence-corrected chi connectivity index (χ1v) is 11.1. The molecule has 0 bridgehead atoms. The summed E-state index contributed by atoms with van der Waals surface area (Å²) in [5.74, 6) is -0.634. The number of ether oxygens (including phenoxy) is 1. The van der Waals surface area contributed by atoms with Gasteiger partial charge in [-0.3, -0.25) is 0 Å². The van der Waals surface area contributed by atoms with Crippen LogP contribution in [0.4, 0.5) is 0 Å². The van der Waals surface area contributed by atoms with Gasteiger partial charge in [-0.2, -0.15) is 0 Å². The zero-order valence-corrected chi connectivity index (χ0v) is 18.4. The second kappa shape index (κ2) is 9.59. The van der Waals surface area contributed by atoms with Crippen molar-refractivity contribution in [3.8, 4) is 0 Å². The fourth-order valence-electron chi connectivity index (χ4n) is 4.62. The number of carbonyl (C=O) groups excluding carboxylic acids is 1. The van der Waals surface area contributed by atoms with E-state index >= 15 is 0 Å². The van der Waals surface area contributed by atoms with Crippen molar-refractivity contribution in [3.63, 3.8) is 0 Å². The summed E-state index contributed by atoms with van der Waals surface area (Å²) in [6.07, 6.45) is 8.20. The minimum Gasteiger partial charge on any atom is -0.457 e. The molecule has 32 heavy (non-hydrogen) atoms. The van der Waals surface area contributed by atoms with E-state index < -0.39 is 11.6 Å². The number of aliphatic hydroxyl groups is 1. The molecule has 0 aliphatic carbocycles. The molecule has 6 nitrogen and oxygen atoms in total. The lowest BCUT2D eigenvalue weighted by atomic mass is 9.86. The van der Waals surface area contributed by atoms with Gasteiger partial charge in [0.1, 0.15) is 19.0 Å². The van der Waals surface area contributed by atoms with Crippen LogP contribution in [-0.4, -0.2) is 58.3 Å². The van der Waals surface area contributed by atoms with Gasteiger partial charge in [-0.25, -0.2) is 14.8 Å². The molecule has 0 spiro atoms. The van der Waals surface area contributed by atoms with Gasteiger partial charge >= 0.3 is 5.97 Å². The Bertz CT molecular complexity index is 975. The van der Waals surface area contributed by atoms with E-state index in [0.29, 0.717) is 11.1 Å². The van der Waals surface area contributed by atoms with Crippen molar-refractivity contribution in [2.75, 3.05) is 26.7 Å². The predicted octanol–water partition coefficient (Wildman–Crippen LogP) is 3.11. The summed E-state index contributed by atoms with van der Waals surface area (Å²) < 4.78 is 6.65. The van der Waals surface area contributed by atoms with E-state index in [0.717, 1.165) is 42.4 Å². The molecular formula is C26H30N3O3+. The average molecular weight is 433 g/mol. The van der Waals surface area contributed by atoms with Gasteiger partial charge in [-0.05, 0) is 16.7 Å². The number of quaternary nitrogens is 1. The Labute approximate surface area is 189 Å². The third kappa shape index (κ3) is 4.56. The number of rotatable bonds is 8. The monoisotopic (exact) mass is 432 g/mol. The summed E-state index contributed by atoms with van der Waals surface area (Å²) in [5, 5.41) is 11.6. The van der Waals surface area contributed by atoms with Crippen LogP contribution in [-0.2, 0) is 21.6 Å². The highest BCUT2D eigenvalue weighted by Gasteiger charge is 2.44. The highest BCUT2D eigenvalue weighted by molar-refractivity contribution is 5.85. The van der Waals surface area contributed by atoms with Crippen LogP contribution in [0.3, 0.4) is 0 Å². The molecule has 0 amide bonds. The molecule has 4 rings (SSSR count). The Morgan fingerprint density at radius 1 is 1.06 bits per heavy atom. The number of likely N-dealkylation sites (N-methyl/N-ethyl adjacent to an activating group) is 1. The van der Waals surface area contributed by atoms with Crippen LogP contribution in [0.25, 0.3) is 0 Å². The van der Waals surface area contributed by atoms with Gasteiger partial charge in [0.2, 0.25) is 5.60 Å². The lowest BCUT2D eigenvalue weighted by Gasteiger charge is -2.36. The second-order valence-electron chi connectivity index (χ2n) is 8.76. The van der Waals surface area contributed by atoms with Gasteiger partial charge in [0.25, 0.3) is 0 Å². The number of carbonyl (C=O) groups is 1. The Balaban J connectivity index is 1.48. The first-order chi connectivity index (χ1) is 15.5. The molecule has 1 saturated heterocycles. The second-order valence-corrected chi connectivity index (χ2v) is 8.76. The van der Waals surface area contributed by atoms with Crippen molar-refractivity contribution < 1.29 is 19.1 Å². The van der Waals surface area contributed by atoms with Crippen LogP contribution < -0.4 is 0 Å². The zero-order valence-electron chi connectivity index (χ0n) is 18.4. The van der Waals surface area contributed by atoms with Gasteiger partial charge in [0, 0.05) is 31.7 Å². The first kappa shape index (κ1) is 22.1. The number of esters is 1. The van der Waals surface area contributed by atoms with Gasteiger partial charge in [-0.1, -0.05) is 60.7 Å². The molecule has 1 fully saturated rings. The van der Waals surface area contributed by atoms with Crippen LogP contribution in [0.5, 0.6) is 0 Å². The summed E-state index contributed by atoms with van der Waals surface area (Å²) in [4.78, 5) is 21.5. The molecule has 1 unspecified atom stereocenters. The molecule has 166 valence electrons. The molecular weight excluding hydrogens is 402 g/mol. The number of nitrogens with zero attached hydrogens (tertiary/aromatic N) is 3. The summed E-state index contributed by atoms with van der Waals surface area (Å²) in [7, 11) is 2.22. The maximum absolute atomic E-state index is 13.3. The van der Waals surface area contributed by atoms with E-state index in [9.17, 15) is 9.90 Å². The summed E-state index contributed by atoms with van der Waals surface area (Å²) >= 11 is 0. The van der Waals surface area contributed by atoms with E-state index in [1.165, 1.54) is 0 Å². The normalized spacial score (nSPS) is 20.8. The van der Waals surface area contributed by atoms with Crippen molar-refractivity contribution in [2.24, 2.45) is 0 Å². The Morgan fingerprint density at radius 3 is 2.25 bits per heavy atom. The lowest BCUT2D eigenvalue weighted by Crippen LogP contribution is -2.52. The van der Waals surface area contributed by atoms with Crippen molar-refractivity contribution in [1.82, 2.24) is 9.97 Å². The minimum atomic E-state index is -1.84. The topological polar surface area (TPSA) is 72.3 Å². The van der Waals surface area contributed by atoms with Gasteiger partial charge in [0.15, 0.2) is 0 Å². The van der Waals surface area contributed by atoms with E-state index in [1.807, 2.05) is 48.8 Å². The zero-order chi connectivity index (χ0) is 22.4. The number of benzene rings is 2. The molecule has 2 heterocycles. The maximum atomic E-state index is 13.3. The summed E-state index contributed by atoms with van der Waals surface area (Å²) in [6.45, 7) is 2.25. The fourth-order valence-corrected chi connectivity index (χ4v) is 4.62. The van der Waals surface area contributed by atoms with E-state index in [2.05, 4.69) is 17.0 Å². The molecule has 3 aromatic rings. The number of hydrogen-bond donors (Lipinski definition) is 1. The smallest absolute Gasteiger partial charge is 0.347 e. The average Bonchev–Trinajstić information content (AvgIpc) is 3.23. The summed E-state index contributed by atoms with van der Waals surface area (Å²) in [5.41, 5.74) is 0.274. The lowest BCUT2D eigenvalue weighted by molar-refractivity contribution is -0.921. The molecule has 0 saturated carbocycles. The van der Waals surface area contributed by atoms with Crippen molar-refractivity contribution >= 4 is 5.97 Å². The van der Waals surface area contributed by atoms with Crippen LogP contribution in [0.1, 0.15) is 29.5 Å². The minimum absolute atomic E-state index is 0.194. The molecule has 2 atom stereocenters. The van der Waals surface area contributed by atoms with Crippen LogP contribution in [0.2, 0.25) is 0 Å². The number of hydrogen-bond acceptors (Lipinski definition) is 5. The van der Waals surface area contributed by atoms with Crippen LogP contribution in [0, 0.1) is 0 Å². The standard InChI is InChI=1S/C26H30N3O3/c1-29(16-14-21-17-27-20-28-18-21)15-8-13-24(29)19-32-25(30)26(31,22-9-4-2-5-10-22)23-11-6-3-7-12-23/h2-7,9-12,17-18,20,24,31H,8,13-16,19H2,1H3/q+1/t24-,29?/m1/s1. The van der Waals surface area contributed by atoms with Crippen molar-refractivity contribution in [1.29, 1.82) is 0 Å². The third-order valence-electron chi connectivity index (χ3n) is 6.70. The predicted molar refractivity (Wildman–Crippen MR) is 122 cm³/mol. The molecule has 1 aliphatic heterocycles. The molecule has 6 heteroatoms. The molecule has 0 radical (unpaired) electrons. The van der Waals surface area contributed by atoms with E-state index in [1.54, 1.807) is 30.6 Å². The highest BCUT2D eigenvalue weighted by atomic mass is 16.6. The molecule has 2 aromatic carbocycles. The first-order valence-electron chi connectivity index (χ1n) is 11.1. The van der Waals surface area contributed by atoms with Gasteiger partial charge in [0.05, 0.1) is 20.1 Å². The van der Waals surface area contributed by atoms with Gasteiger partial charge in [-0.15, -0.1) is 0 Å². The third-order valence-corrected chi connectivity index (χ3v) is 6.70. The Kier molecular flexibility index (Phi) is 6.63. The van der Waals surface area contributed by atoms with Gasteiger partial charge < -0.3 is 14.3 Å². The summed E-state index contributed by atoms with van der Waals surface area (Å²) in [6, 6.07) is 18.2. The largest absolute Gasteiger partial charge is 0.457 e. The quantitative estimate of drug-likeness (QED) is 0.437. The van der Waals surface area contributed by atoms with E-state index in [4.69, 9.17) is 4.74 Å². The number of likely N-dealkylation sites (tertiary alicyclic amines) is 1.